The number of rotatable bonds is 4. The van der Waals surface area contributed by atoms with Gasteiger partial charge in [0.2, 0.25) is 0 Å². The highest BCUT2D eigenvalue weighted by atomic mass is 16.5. The van der Waals surface area contributed by atoms with E-state index >= 15 is 0 Å². The predicted molar refractivity (Wildman–Crippen MR) is 240 cm³/mol. The molecule has 6 heteroatoms. The molecule has 0 saturated heterocycles. The highest BCUT2D eigenvalue weighted by molar-refractivity contribution is 5.95. The third-order valence-electron chi connectivity index (χ3n) is 12.6. The van der Waals surface area contributed by atoms with Gasteiger partial charge in [-0.15, -0.1) is 0 Å². The molecule has 0 radical (unpaired) electrons. The first-order chi connectivity index (χ1) is 30.1. The zero-order chi connectivity index (χ0) is 41.1. The van der Waals surface area contributed by atoms with Crippen molar-refractivity contribution in [2.45, 2.75) is 38.0 Å². The molecule has 0 amide bonds. The Balaban J connectivity index is 1.21. The number of allylic oxidation sites excluding steroid dienone is 7. The molecule has 3 aliphatic carbocycles. The van der Waals surface area contributed by atoms with E-state index in [9.17, 15) is 10.5 Å². The van der Waals surface area contributed by atoms with Gasteiger partial charge in [0.25, 0.3) is 0 Å². The molecule has 6 aromatic carbocycles. The Labute approximate surface area is 356 Å². The lowest BCUT2D eigenvalue weighted by molar-refractivity contribution is 0.374. The van der Waals surface area contributed by atoms with E-state index in [0.717, 1.165) is 116 Å². The summed E-state index contributed by atoms with van der Waals surface area (Å²) in [6, 6.07) is 55.5. The van der Waals surface area contributed by atoms with E-state index < -0.39 is 5.41 Å². The van der Waals surface area contributed by atoms with Crippen molar-refractivity contribution in [1.29, 1.82) is 10.5 Å². The Morgan fingerprint density at radius 2 is 1.21 bits per heavy atom. The highest BCUT2D eigenvalue weighted by Crippen LogP contribution is 2.57. The minimum Gasteiger partial charge on any atom is -0.458 e. The molecule has 0 saturated carbocycles. The first-order valence-electron chi connectivity index (χ1n) is 21.0. The molecule has 0 N–H and O–H groups in total. The number of anilines is 4. The Bertz CT molecular complexity index is 2990. The predicted octanol–water partition coefficient (Wildman–Crippen LogP) is 13.1. The van der Waals surface area contributed by atoms with Crippen LogP contribution in [0.2, 0.25) is 0 Å². The van der Waals surface area contributed by atoms with Crippen molar-refractivity contribution < 1.29 is 9.47 Å². The minimum absolute atomic E-state index is 0.0875. The number of fused-ring (bicyclic) bond motifs is 4. The molecule has 0 spiro atoms. The van der Waals surface area contributed by atoms with E-state index in [1.54, 1.807) is 0 Å². The van der Waals surface area contributed by atoms with Gasteiger partial charge in [-0.2, -0.15) is 10.5 Å². The molecule has 6 aromatic rings. The van der Waals surface area contributed by atoms with E-state index in [4.69, 9.17) is 9.47 Å². The fraction of sp³-hybridized carbons (Fsp3) is 0.127. The second kappa shape index (κ2) is 14.5. The maximum atomic E-state index is 10.5. The number of ether oxygens (including phenoxy) is 2. The summed E-state index contributed by atoms with van der Waals surface area (Å²) in [5.41, 5.74) is 11.8. The van der Waals surface area contributed by atoms with Crippen LogP contribution in [0.15, 0.2) is 198 Å². The minimum atomic E-state index is -0.898. The van der Waals surface area contributed by atoms with Crippen molar-refractivity contribution in [3.05, 3.63) is 232 Å². The first kappa shape index (κ1) is 36.3. The lowest BCUT2D eigenvalue weighted by Crippen LogP contribution is -2.36. The van der Waals surface area contributed by atoms with Gasteiger partial charge in [-0.05, 0) is 100 Å². The normalized spacial score (nSPS) is 19.4. The van der Waals surface area contributed by atoms with Crippen LogP contribution in [-0.2, 0) is 5.41 Å². The summed E-state index contributed by atoms with van der Waals surface area (Å²) in [5, 5.41) is 20.9. The summed E-state index contributed by atoms with van der Waals surface area (Å²) in [6.45, 7) is 2.24. The van der Waals surface area contributed by atoms with Crippen LogP contribution in [0.1, 0.15) is 66.0 Å². The molecule has 6 nitrogen and oxygen atoms in total. The fourth-order valence-corrected chi connectivity index (χ4v) is 10.1. The SMILES string of the molecule is CC1C=CCC2=C(C1)Oc1ccccc1N2c1cccc(C2(c3cccc(N4C5=C(CCC=C5)Oc5ccccc54)c3)c3ccccc3C(=C(C#N)C#N)c3ccccc32)c1. The summed E-state index contributed by atoms with van der Waals surface area (Å²) >= 11 is 0. The number of para-hydroxylation sites is 4. The second-order valence-corrected chi connectivity index (χ2v) is 16.2. The van der Waals surface area contributed by atoms with Crippen LogP contribution < -0.4 is 19.3 Å². The molecule has 0 aromatic heterocycles. The number of nitrogens with zero attached hydrogens (tertiary/aromatic N) is 4. The number of nitriles is 2. The van der Waals surface area contributed by atoms with Crippen LogP contribution in [0.5, 0.6) is 11.5 Å². The van der Waals surface area contributed by atoms with Crippen LogP contribution >= 0.6 is 0 Å². The lowest BCUT2D eigenvalue weighted by Gasteiger charge is -2.44. The largest absolute Gasteiger partial charge is 0.458 e. The zero-order valence-corrected chi connectivity index (χ0v) is 33.7. The van der Waals surface area contributed by atoms with Gasteiger partial charge in [-0.25, -0.2) is 0 Å². The molecule has 2 heterocycles. The molecular weight excluding hydrogens is 749 g/mol. The van der Waals surface area contributed by atoms with Gasteiger partial charge in [-0.1, -0.05) is 122 Å². The summed E-state index contributed by atoms with van der Waals surface area (Å²) in [5.74, 6) is 3.96. The maximum Gasteiger partial charge on any atom is 0.151 e. The van der Waals surface area contributed by atoms with Gasteiger partial charge in [-0.3, -0.25) is 0 Å². The summed E-state index contributed by atoms with van der Waals surface area (Å²) in [6.07, 6.45) is 12.2. The molecular formula is C55H40N4O2. The molecule has 61 heavy (non-hydrogen) atoms. The molecule has 1 unspecified atom stereocenters. The van der Waals surface area contributed by atoms with Crippen molar-refractivity contribution in [3.8, 4) is 23.6 Å². The van der Waals surface area contributed by atoms with Gasteiger partial charge in [0.1, 0.15) is 29.2 Å². The second-order valence-electron chi connectivity index (χ2n) is 16.2. The third-order valence-corrected chi connectivity index (χ3v) is 12.6. The molecule has 5 aliphatic rings. The quantitative estimate of drug-likeness (QED) is 0.131. The van der Waals surface area contributed by atoms with Gasteiger partial charge in [0.15, 0.2) is 11.5 Å². The fourth-order valence-electron chi connectivity index (χ4n) is 10.1. The summed E-state index contributed by atoms with van der Waals surface area (Å²) in [4.78, 5) is 4.71. The van der Waals surface area contributed by atoms with Crippen molar-refractivity contribution >= 4 is 28.3 Å². The maximum absolute atomic E-state index is 10.5. The Kier molecular flexibility index (Phi) is 8.62. The van der Waals surface area contributed by atoms with E-state index in [2.05, 4.69) is 168 Å². The molecule has 0 fully saturated rings. The zero-order valence-electron chi connectivity index (χ0n) is 33.7. The smallest absolute Gasteiger partial charge is 0.151 e. The van der Waals surface area contributed by atoms with Crippen molar-refractivity contribution in [2.75, 3.05) is 9.80 Å². The average molecular weight is 789 g/mol. The van der Waals surface area contributed by atoms with Crippen LogP contribution in [0.25, 0.3) is 5.57 Å². The number of benzene rings is 6. The van der Waals surface area contributed by atoms with E-state index in [0.29, 0.717) is 11.5 Å². The molecule has 2 aliphatic heterocycles. The van der Waals surface area contributed by atoms with Gasteiger partial charge >= 0.3 is 0 Å². The lowest BCUT2D eigenvalue weighted by atomic mass is 9.58. The van der Waals surface area contributed by atoms with Crippen LogP contribution in [0, 0.1) is 28.6 Å². The number of hydrogen-bond acceptors (Lipinski definition) is 6. The van der Waals surface area contributed by atoms with E-state index in [1.807, 2.05) is 30.3 Å². The van der Waals surface area contributed by atoms with Crippen molar-refractivity contribution in [3.63, 3.8) is 0 Å². The van der Waals surface area contributed by atoms with E-state index in [-0.39, 0.29) is 5.57 Å². The van der Waals surface area contributed by atoms with Crippen molar-refractivity contribution in [2.24, 2.45) is 5.92 Å². The van der Waals surface area contributed by atoms with Gasteiger partial charge < -0.3 is 19.3 Å². The average Bonchev–Trinajstić information content (AvgIpc) is 3.50. The highest BCUT2D eigenvalue weighted by Gasteiger charge is 2.47. The topological polar surface area (TPSA) is 72.5 Å². The Hall–Kier alpha value is -7.80. The molecule has 0 bridgehead atoms. The first-order valence-corrected chi connectivity index (χ1v) is 21.0. The van der Waals surface area contributed by atoms with Gasteiger partial charge in [0, 0.05) is 36.2 Å². The standard InChI is InChI=1S/C55H40N4O2/c1-36-15-12-27-49-53(31-36)61-52-30-11-8-26-48(52)59(49)41-19-14-17-39(33-41)55(44-22-4-2-20-42(44)54(37(34-56)35-57)43-21-3-5-23-45(43)55)38-16-13-18-40(32-38)58-46-24-6-9-28-50(46)60-51-29-10-7-25-47(51)58/h2-9,11-26,28,30,32-33,36H,10,27,29,31H2,1H3. The summed E-state index contributed by atoms with van der Waals surface area (Å²) in [7, 11) is 0. The number of hydrogen-bond donors (Lipinski definition) is 0. The van der Waals surface area contributed by atoms with Gasteiger partial charge in [0.05, 0.1) is 28.2 Å². The van der Waals surface area contributed by atoms with Crippen LogP contribution in [0.3, 0.4) is 0 Å². The monoisotopic (exact) mass is 788 g/mol. The van der Waals surface area contributed by atoms with Crippen LogP contribution in [0.4, 0.5) is 22.7 Å². The third kappa shape index (κ3) is 5.60. The van der Waals surface area contributed by atoms with Crippen molar-refractivity contribution in [1.82, 2.24) is 0 Å². The van der Waals surface area contributed by atoms with E-state index in [1.165, 1.54) is 0 Å². The molecule has 292 valence electrons. The summed E-state index contributed by atoms with van der Waals surface area (Å²) < 4.78 is 13.2. The molecule has 1 atom stereocenters. The molecule has 11 rings (SSSR count). The Morgan fingerprint density at radius 3 is 1.87 bits per heavy atom. The Morgan fingerprint density at radius 1 is 0.639 bits per heavy atom. The van der Waals surface area contributed by atoms with Crippen LogP contribution in [-0.4, -0.2) is 0 Å².